The Hall–Kier alpha value is -3.60. The Bertz CT molecular complexity index is 1040. The number of carbonyl (C=O) groups excluding carboxylic acids is 2. The minimum atomic E-state index is -0.655. The molecular weight excluding hydrogens is 400 g/mol. The lowest BCUT2D eigenvalue weighted by molar-refractivity contribution is -0.142. The molecule has 0 saturated carbocycles. The Morgan fingerprint density at radius 3 is 2.12 bits per heavy atom. The summed E-state index contributed by atoms with van der Waals surface area (Å²) in [7, 11) is 1.59. The van der Waals surface area contributed by atoms with E-state index in [0.717, 1.165) is 22.3 Å². The molecule has 3 aromatic rings. The molecule has 0 heterocycles. The maximum Gasteiger partial charge on any atom is 0.261 e. The zero-order valence-corrected chi connectivity index (χ0v) is 18.9. The van der Waals surface area contributed by atoms with Crippen LogP contribution >= 0.6 is 0 Å². The van der Waals surface area contributed by atoms with Crippen molar-refractivity contribution in [3.63, 3.8) is 0 Å². The van der Waals surface area contributed by atoms with Crippen LogP contribution in [0.4, 0.5) is 0 Å². The molecule has 0 aliphatic rings. The predicted octanol–water partition coefficient (Wildman–Crippen LogP) is 4.07. The number of amides is 2. The number of nitrogens with one attached hydrogen (secondary N) is 1. The van der Waals surface area contributed by atoms with E-state index in [4.69, 9.17) is 4.74 Å². The van der Waals surface area contributed by atoms with Crippen LogP contribution in [-0.2, 0) is 22.6 Å². The lowest BCUT2D eigenvalue weighted by Gasteiger charge is -2.31. The number of rotatable bonds is 9. The van der Waals surface area contributed by atoms with E-state index in [1.54, 1.807) is 11.9 Å². The summed E-state index contributed by atoms with van der Waals surface area (Å²) in [5.41, 5.74) is 4.05. The van der Waals surface area contributed by atoms with Gasteiger partial charge >= 0.3 is 0 Å². The van der Waals surface area contributed by atoms with Crippen LogP contribution in [0, 0.1) is 13.8 Å². The maximum atomic E-state index is 13.4. The van der Waals surface area contributed by atoms with Crippen molar-refractivity contribution in [2.45, 2.75) is 32.9 Å². The molecule has 3 aromatic carbocycles. The van der Waals surface area contributed by atoms with Crippen LogP contribution in [0.2, 0.25) is 0 Å². The first kappa shape index (κ1) is 23.1. The number of hydrogen-bond acceptors (Lipinski definition) is 3. The van der Waals surface area contributed by atoms with Crippen molar-refractivity contribution in [3.05, 3.63) is 101 Å². The monoisotopic (exact) mass is 430 g/mol. The van der Waals surface area contributed by atoms with Gasteiger partial charge in [0.15, 0.2) is 6.61 Å². The molecule has 5 nitrogen and oxygen atoms in total. The van der Waals surface area contributed by atoms with Crippen LogP contribution in [0.1, 0.15) is 22.3 Å². The number of carbonyl (C=O) groups is 2. The van der Waals surface area contributed by atoms with Crippen LogP contribution < -0.4 is 10.1 Å². The highest BCUT2D eigenvalue weighted by Crippen LogP contribution is 2.20. The predicted molar refractivity (Wildman–Crippen MR) is 126 cm³/mol. The summed E-state index contributed by atoms with van der Waals surface area (Å²) in [5, 5.41) is 2.72. The zero-order valence-electron chi connectivity index (χ0n) is 18.9. The fraction of sp³-hybridized carbons (Fsp3) is 0.259. The van der Waals surface area contributed by atoms with Gasteiger partial charge in [0.05, 0.1) is 0 Å². The summed E-state index contributed by atoms with van der Waals surface area (Å²) in [4.78, 5) is 27.9. The highest BCUT2D eigenvalue weighted by Gasteiger charge is 2.30. The van der Waals surface area contributed by atoms with Gasteiger partial charge in [-0.2, -0.15) is 0 Å². The topological polar surface area (TPSA) is 58.6 Å². The third kappa shape index (κ3) is 6.20. The number of hydrogen-bond donors (Lipinski definition) is 1. The molecular formula is C27H30N2O3. The normalized spacial score (nSPS) is 11.5. The highest BCUT2D eigenvalue weighted by molar-refractivity contribution is 5.88. The quantitative estimate of drug-likeness (QED) is 0.557. The number of aryl methyl sites for hydroxylation is 2. The van der Waals surface area contributed by atoms with Crippen LogP contribution in [0.15, 0.2) is 78.9 Å². The molecule has 0 aliphatic carbocycles. The highest BCUT2D eigenvalue weighted by atomic mass is 16.5. The van der Waals surface area contributed by atoms with E-state index >= 15 is 0 Å². The number of likely N-dealkylation sites (N-methyl/N-ethyl adjacent to an activating group) is 1. The molecule has 32 heavy (non-hydrogen) atoms. The number of ether oxygens (including phenoxy) is 1. The average molecular weight is 431 g/mol. The largest absolute Gasteiger partial charge is 0.483 e. The van der Waals surface area contributed by atoms with Gasteiger partial charge in [0.1, 0.15) is 11.8 Å². The van der Waals surface area contributed by atoms with Crippen molar-refractivity contribution in [1.29, 1.82) is 0 Å². The Kier molecular flexibility index (Phi) is 8.03. The molecule has 166 valence electrons. The zero-order chi connectivity index (χ0) is 22.9. The Labute approximate surface area is 190 Å². The molecule has 1 atom stereocenters. The summed E-state index contributed by atoms with van der Waals surface area (Å²) in [6.07, 6.45) is 0.419. The Balaban J connectivity index is 1.86. The molecule has 2 amide bonds. The van der Waals surface area contributed by atoms with Gasteiger partial charge in [0.2, 0.25) is 5.91 Å². The molecule has 0 aromatic heterocycles. The lowest BCUT2D eigenvalue weighted by atomic mass is 10.0. The van der Waals surface area contributed by atoms with Crippen molar-refractivity contribution in [1.82, 2.24) is 10.2 Å². The molecule has 0 radical (unpaired) electrons. The Morgan fingerprint density at radius 1 is 0.906 bits per heavy atom. The molecule has 5 heteroatoms. The van der Waals surface area contributed by atoms with Gasteiger partial charge in [-0.25, -0.2) is 0 Å². The van der Waals surface area contributed by atoms with E-state index in [-0.39, 0.29) is 18.4 Å². The summed E-state index contributed by atoms with van der Waals surface area (Å²) < 4.78 is 5.86. The minimum absolute atomic E-state index is 0.140. The van der Waals surface area contributed by atoms with Crippen LogP contribution in [-0.4, -0.2) is 36.4 Å². The molecule has 0 fully saturated rings. The molecule has 0 spiro atoms. The van der Waals surface area contributed by atoms with Gasteiger partial charge in [-0.1, -0.05) is 78.4 Å². The van der Waals surface area contributed by atoms with E-state index in [2.05, 4.69) is 5.32 Å². The molecule has 1 N–H and O–H groups in total. The molecule has 0 unspecified atom stereocenters. The van der Waals surface area contributed by atoms with Gasteiger partial charge in [-0.3, -0.25) is 9.59 Å². The van der Waals surface area contributed by atoms with Gasteiger partial charge in [-0.15, -0.1) is 0 Å². The molecule has 0 aliphatic heterocycles. The first-order valence-electron chi connectivity index (χ1n) is 10.8. The van der Waals surface area contributed by atoms with Crippen molar-refractivity contribution in [3.8, 4) is 5.75 Å². The van der Waals surface area contributed by atoms with Crippen LogP contribution in [0.5, 0.6) is 5.75 Å². The fourth-order valence-corrected chi connectivity index (χ4v) is 3.68. The molecule has 3 rings (SSSR count). The number of nitrogens with zero attached hydrogens (tertiary/aromatic N) is 1. The third-order valence-corrected chi connectivity index (χ3v) is 5.39. The fourth-order valence-electron chi connectivity index (χ4n) is 3.68. The summed E-state index contributed by atoms with van der Waals surface area (Å²) >= 11 is 0. The summed E-state index contributed by atoms with van der Waals surface area (Å²) in [6.45, 7) is 4.15. The lowest BCUT2D eigenvalue weighted by Crippen LogP contribution is -2.51. The minimum Gasteiger partial charge on any atom is -0.483 e. The van der Waals surface area contributed by atoms with Crippen LogP contribution in [0.25, 0.3) is 0 Å². The summed E-state index contributed by atoms with van der Waals surface area (Å²) in [5.74, 6) is 0.228. The SMILES string of the molecule is CNC(=O)[C@H](Cc1ccccc1)N(Cc1ccccc1)C(=O)COc1ccc(C)cc1C. The Morgan fingerprint density at radius 2 is 1.53 bits per heavy atom. The smallest absolute Gasteiger partial charge is 0.261 e. The van der Waals surface area contributed by atoms with Gasteiger partial charge in [0.25, 0.3) is 5.91 Å². The van der Waals surface area contributed by atoms with Crippen molar-refractivity contribution >= 4 is 11.8 Å². The average Bonchev–Trinajstić information content (AvgIpc) is 2.81. The van der Waals surface area contributed by atoms with Crippen LogP contribution in [0.3, 0.4) is 0 Å². The standard InChI is InChI=1S/C27H30N2O3/c1-20-14-15-25(21(2)16-20)32-19-26(30)29(18-23-12-8-5-9-13-23)24(27(31)28-3)17-22-10-6-4-7-11-22/h4-16,24H,17-19H2,1-3H3,(H,28,31)/t24-/m0/s1. The van der Waals surface area contributed by atoms with E-state index < -0.39 is 6.04 Å². The van der Waals surface area contributed by atoms with Crippen molar-refractivity contribution in [2.24, 2.45) is 0 Å². The maximum absolute atomic E-state index is 13.4. The van der Waals surface area contributed by atoms with E-state index in [9.17, 15) is 9.59 Å². The van der Waals surface area contributed by atoms with E-state index in [1.807, 2.05) is 92.7 Å². The molecule has 0 bridgehead atoms. The van der Waals surface area contributed by atoms with Crippen molar-refractivity contribution < 1.29 is 14.3 Å². The first-order valence-corrected chi connectivity index (χ1v) is 10.8. The second kappa shape index (κ2) is 11.1. The third-order valence-electron chi connectivity index (χ3n) is 5.39. The van der Waals surface area contributed by atoms with E-state index in [0.29, 0.717) is 18.7 Å². The van der Waals surface area contributed by atoms with Gasteiger partial charge < -0.3 is 15.0 Å². The number of benzene rings is 3. The molecule has 0 saturated heterocycles. The van der Waals surface area contributed by atoms with Gasteiger partial charge in [0, 0.05) is 20.0 Å². The van der Waals surface area contributed by atoms with Gasteiger partial charge in [-0.05, 0) is 36.6 Å². The van der Waals surface area contributed by atoms with E-state index in [1.165, 1.54) is 0 Å². The summed E-state index contributed by atoms with van der Waals surface area (Å²) in [6, 6.07) is 24.6. The second-order valence-corrected chi connectivity index (χ2v) is 7.88. The van der Waals surface area contributed by atoms with Crippen molar-refractivity contribution in [2.75, 3.05) is 13.7 Å². The second-order valence-electron chi connectivity index (χ2n) is 7.88. The first-order chi connectivity index (χ1) is 15.5.